The fourth-order valence-corrected chi connectivity index (χ4v) is 3.76. The van der Waals surface area contributed by atoms with Crippen LogP contribution >= 0.6 is 0 Å². The molecule has 2 heterocycles. The molecule has 2 aromatic heterocycles. The van der Waals surface area contributed by atoms with Crippen LogP contribution in [0.5, 0.6) is 0 Å². The van der Waals surface area contributed by atoms with E-state index in [1.54, 1.807) is 6.07 Å². The number of hydrogen-bond donors (Lipinski definition) is 0. The monoisotopic (exact) mass is 378 g/mol. The second kappa shape index (κ2) is 6.64. The Bertz CT molecular complexity index is 1600. The summed E-state index contributed by atoms with van der Waals surface area (Å²) < 4.78 is 11.5. The largest absolute Gasteiger partial charge is 0.455 e. The van der Waals surface area contributed by atoms with Crippen LogP contribution in [0.4, 0.5) is 0 Å². The van der Waals surface area contributed by atoms with Crippen LogP contribution in [-0.4, -0.2) is 0 Å². The SMILES string of the molecule is C=c1c(=O)oc2ccccc2/c1=C/C=C(\C)c1cccc2c1oc1ccccc12. The highest BCUT2D eigenvalue weighted by Crippen LogP contribution is 2.33. The molecule has 0 aliphatic carbocycles. The van der Waals surface area contributed by atoms with Gasteiger partial charge in [-0.05, 0) is 29.8 Å². The van der Waals surface area contributed by atoms with Crippen molar-refractivity contribution in [2.45, 2.75) is 6.92 Å². The second-order valence-corrected chi connectivity index (χ2v) is 7.07. The van der Waals surface area contributed by atoms with Gasteiger partial charge in [0.15, 0.2) is 0 Å². The van der Waals surface area contributed by atoms with E-state index in [1.165, 1.54) is 0 Å². The number of fused-ring (bicyclic) bond motifs is 4. The lowest BCUT2D eigenvalue weighted by Crippen LogP contribution is -2.37. The number of para-hydroxylation sites is 3. The molecule has 0 unspecified atom stereocenters. The third kappa shape index (κ3) is 2.79. The molecule has 140 valence electrons. The minimum atomic E-state index is -0.416. The van der Waals surface area contributed by atoms with Gasteiger partial charge in [0.05, 0.1) is 5.22 Å². The molecular weight excluding hydrogens is 360 g/mol. The number of benzene rings is 3. The summed E-state index contributed by atoms with van der Waals surface area (Å²) in [5, 5.41) is 4.19. The zero-order valence-corrected chi connectivity index (χ0v) is 15.9. The molecule has 0 radical (unpaired) electrons. The maximum absolute atomic E-state index is 12.2. The van der Waals surface area contributed by atoms with Gasteiger partial charge in [0.1, 0.15) is 16.7 Å². The first-order valence-electron chi connectivity index (χ1n) is 9.43. The minimum Gasteiger partial charge on any atom is -0.455 e. The van der Waals surface area contributed by atoms with Crippen LogP contribution in [0.25, 0.3) is 51.1 Å². The highest BCUT2D eigenvalue weighted by Gasteiger charge is 2.10. The predicted molar refractivity (Wildman–Crippen MR) is 119 cm³/mol. The molecule has 0 aliphatic heterocycles. The van der Waals surface area contributed by atoms with Crippen LogP contribution in [0.3, 0.4) is 0 Å². The third-order valence-electron chi connectivity index (χ3n) is 5.28. The first-order valence-corrected chi connectivity index (χ1v) is 9.43. The van der Waals surface area contributed by atoms with E-state index in [1.807, 2.05) is 67.6 Å². The lowest BCUT2D eigenvalue weighted by atomic mass is 10.0. The van der Waals surface area contributed by atoms with E-state index in [4.69, 9.17) is 8.83 Å². The van der Waals surface area contributed by atoms with Gasteiger partial charge < -0.3 is 8.83 Å². The van der Waals surface area contributed by atoms with Crippen LogP contribution in [0.1, 0.15) is 12.5 Å². The van der Waals surface area contributed by atoms with Gasteiger partial charge in [0.25, 0.3) is 0 Å². The molecule has 0 saturated heterocycles. The zero-order valence-electron chi connectivity index (χ0n) is 15.9. The van der Waals surface area contributed by atoms with E-state index in [2.05, 4.69) is 18.7 Å². The molecule has 0 amide bonds. The molecule has 0 fully saturated rings. The molecule has 5 rings (SSSR count). The van der Waals surface area contributed by atoms with Crippen molar-refractivity contribution in [2.75, 3.05) is 0 Å². The van der Waals surface area contributed by atoms with Gasteiger partial charge >= 0.3 is 5.63 Å². The summed E-state index contributed by atoms with van der Waals surface area (Å²) in [4.78, 5) is 12.2. The summed E-state index contributed by atoms with van der Waals surface area (Å²) in [7, 11) is 0. The normalized spacial score (nSPS) is 13.0. The molecule has 5 aromatic rings. The van der Waals surface area contributed by atoms with Crippen molar-refractivity contribution in [1.82, 2.24) is 0 Å². The highest BCUT2D eigenvalue weighted by atomic mass is 16.4. The molecule has 0 N–H and O–H groups in total. The molecule has 0 bridgehead atoms. The summed E-state index contributed by atoms with van der Waals surface area (Å²) in [6.07, 6.45) is 3.93. The Morgan fingerprint density at radius 1 is 0.828 bits per heavy atom. The van der Waals surface area contributed by atoms with Gasteiger partial charge in [-0.15, -0.1) is 0 Å². The average Bonchev–Trinajstić information content (AvgIpc) is 3.12. The van der Waals surface area contributed by atoms with E-state index in [9.17, 15) is 4.79 Å². The predicted octanol–water partition coefficient (Wildman–Crippen LogP) is 4.99. The average molecular weight is 378 g/mol. The molecular formula is C26H18O3. The smallest absolute Gasteiger partial charge is 0.343 e. The van der Waals surface area contributed by atoms with Gasteiger partial charge in [-0.1, -0.05) is 73.3 Å². The third-order valence-corrected chi connectivity index (χ3v) is 5.28. The van der Waals surface area contributed by atoms with Crippen molar-refractivity contribution < 1.29 is 8.83 Å². The Morgan fingerprint density at radius 3 is 2.28 bits per heavy atom. The van der Waals surface area contributed by atoms with Crippen LogP contribution < -0.4 is 16.1 Å². The molecule has 0 aliphatic rings. The first-order chi connectivity index (χ1) is 14.1. The Hall–Kier alpha value is -3.85. The number of allylic oxidation sites excluding steroid dienone is 2. The van der Waals surface area contributed by atoms with E-state index in [0.717, 1.165) is 43.7 Å². The fourth-order valence-electron chi connectivity index (χ4n) is 3.76. The summed E-state index contributed by atoms with van der Waals surface area (Å²) in [6, 6.07) is 21.7. The zero-order chi connectivity index (χ0) is 20.0. The van der Waals surface area contributed by atoms with Crippen molar-refractivity contribution in [3.63, 3.8) is 0 Å². The minimum absolute atomic E-state index is 0.356. The van der Waals surface area contributed by atoms with Crippen molar-refractivity contribution >= 4 is 51.1 Å². The summed E-state index contributed by atoms with van der Waals surface area (Å²) >= 11 is 0. The number of rotatable bonds is 2. The topological polar surface area (TPSA) is 43.4 Å². The van der Waals surface area contributed by atoms with Crippen molar-refractivity contribution in [1.29, 1.82) is 0 Å². The molecule has 0 spiro atoms. The summed E-state index contributed by atoms with van der Waals surface area (Å²) in [5.74, 6) is 0. The maximum Gasteiger partial charge on any atom is 0.343 e. The van der Waals surface area contributed by atoms with E-state index in [-0.39, 0.29) is 0 Å². The van der Waals surface area contributed by atoms with E-state index < -0.39 is 5.63 Å². The van der Waals surface area contributed by atoms with Gasteiger partial charge in [-0.2, -0.15) is 0 Å². The Labute approximate surface area is 166 Å². The van der Waals surface area contributed by atoms with Gasteiger partial charge in [-0.25, -0.2) is 4.79 Å². The van der Waals surface area contributed by atoms with Crippen LogP contribution in [-0.2, 0) is 0 Å². The Morgan fingerprint density at radius 2 is 1.48 bits per heavy atom. The summed E-state index contributed by atoms with van der Waals surface area (Å²) in [6.45, 7) is 5.95. The maximum atomic E-state index is 12.2. The van der Waals surface area contributed by atoms with Gasteiger partial charge in [-0.3, -0.25) is 0 Å². The molecule has 29 heavy (non-hydrogen) atoms. The van der Waals surface area contributed by atoms with Crippen molar-refractivity contribution in [2.24, 2.45) is 0 Å². The molecule has 3 nitrogen and oxygen atoms in total. The Kier molecular flexibility index (Phi) is 3.95. The van der Waals surface area contributed by atoms with Crippen LogP contribution in [0.15, 0.2) is 86.4 Å². The second-order valence-electron chi connectivity index (χ2n) is 7.07. The lowest BCUT2D eigenvalue weighted by Gasteiger charge is -2.02. The molecule has 3 aromatic carbocycles. The van der Waals surface area contributed by atoms with Gasteiger partial charge in [0.2, 0.25) is 0 Å². The summed E-state index contributed by atoms with van der Waals surface area (Å²) in [5.41, 5.74) is 3.93. The highest BCUT2D eigenvalue weighted by molar-refractivity contribution is 6.08. The van der Waals surface area contributed by atoms with Crippen LogP contribution in [0.2, 0.25) is 0 Å². The fraction of sp³-hybridized carbons (Fsp3) is 0.0385. The first kappa shape index (κ1) is 17.3. The standard InChI is InChI=1S/C26H18O3/c1-16(14-15-19-17(2)26(27)29-24-13-6-3-8-20(19)24)18-10-7-11-22-21-9-4-5-12-23(21)28-25(18)22/h3-15H,2H2,1H3/b16-14+,19-15+. The van der Waals surface area contributed by atoms with Crippen molar-refractivity contribution in [3.05, 3.63) is 99.2 Å². The van der Waals surface area contributed by atoms with E-state index in [0.29, 0.717) is 10.8 Å². The molecule has 0 atom stereocenters. The number of hydrogen-bond acceptors (Lipinski definition) is 3. The quantitative estimate of drug-likeness (QED) is 0.407. The molecule has 3 heteroatoms. The van der Waals surface area contributed by atoms with Crippen LogP contribution in [0, 0.1) is 0 Å². The van der Waals surface area contributed by atoms with E-state index >= 15 is 0 Å². The lowest BCUT2D eigenvalue weighted by molar-refractivity contribution is 0.554. The van der Waals surface area contributed by atoms with Gasteiger partial charge in [0, 0.05) is 21.7 Å². The van der Waals surface area contributed by atoms with Crippen molar-refractivity contribution in [3.8, 4) is 0 Å². The molecule has 0 saturated carbocycles. The Balaban J connectivity index is 1.74. The number of furan rings is 1.